The van der Waals surface area contributed by atoms with Gasteiger partial charge >= 0.3 is 0 Å². The quantitative estimate of drug-likeness (QED) is 0.624. The highest BCUT2D eigenvalue weighted by molar-refractivity contribution is 6.05. The van der Waals surface area contributed by atoms with Crippen LogP contribution in [0.4, 0.5) is 5.82 Å². The molecule has 0 atom stereocenters. The first-order chi connectivity index (χ1) is 12.3. The molecule has 0 fully saturated rings. The van der Waals surface area contributed by atoms with Crippen molar-refractivity contribution < 1.29 is 4.79 Å². The summed E-state index contributed by atoms with van der Waals surface area (Å²) in [6.45, 7) is 0.636. The third kappa shape index (κ3) is 3.23. The van der Waals surface area contributed by atoms with Crippen molar-refractivity contribution in [3.05, 3.63) is 84.1 Å². The highest BCUT2D eigenvalue weighted by Crippen LogP contribution is 2.16. The van der Waals surface area contributed by atoms with Gasteiger partial charge in [-0.05, 0) is 35.9 Å². The van der Waals surface area contributed by atoms with Crippen molar-refractivity contribution in [1.82, 2.24) is 20.0 Å². The van der Waals surface area contributed by atoms with Gasteiger partial charge in [0.05, 0.1) is 12.1 Å². The number of carbonyl (C=O) groups excluding carboxylic acids is 1. The predicted molar refractivity (Wildman–Crippen MR) is 95.3 cm³/mol. The Morgan fingerprint density at radius 2 is 1.84 bits per heavy atom. The Morgan fingerprint density at radius 3 is 2.64 bits per heavy atom. The number of hydrogen-bond acceptors (Lipinski definition) is 4. The second kappa shape index (κ2) is 6.52. The Morgan fingerprint density at radius 1 is 1.00 bits per heavy atom. The molecular weight excluding hydrogens is 314 g/mol. The monoisotopic (exact) mass is 329 g/mol. The van der Waals surface area contributed by atoms with Crippen LogP contribution in [0.5, 0.6) is 0 Å². The SMILES string of the molecule is O=C(Nc1ccccn1)c1ccc2c(c1)nnn2Cc1ccccc1. The van der Waals surface area contributed by atoms with Crippen LogP contribution in [0.25, 0.3) is 11.0 Å². The maximum absolute atomic E-state index is 12.3. The molecule has 0 saturated carbocycles. The number of carbonyl (C=O) groups is 1. The highest BCUT2D eigenvalue weighted by Gasteiger charge is 2.11. The second-order valence-electron chi connectivity index (χ2n) is 5.61. The molecule has 6 nitrogen and oxygen atoms in total. The summed E-state index contributed by atoms with van der Waals surface area (Å²) < 4.78 is 1.82. The van der Waals surface area contributed by atoms with Gasteiger partial charge in [0.1, 0.15) is 11.3 Å². The Hall–Kier alpha value is -3.54. The predicted octanol–water partition coefficient (Wildman–Crippen LogP) is 3.13. The zero-order valence-corrected chi connectivity index (χ0v) is 13.3. The minimum absolute atomic E-state index is 0.224. The second-order valence-corrected chi connectivity index (χ2v) is 5.61. The first kappa shape index (κ1) is 15.0. The van der Waals surface area contributed by atoms with E-state index >= 15 is 0 Å². The first-order valence-electron chi connectivity index (χ1n) is 7.89. The molecule has 1 amide bonds. The third-order valence-electron chi connectivity index (χ3n) is 3.86. The third-order valence-corrected chi connectivity index (χ3v) is 3.86. The molecule has 0 aliphatic rings. The fourth-order valence-electron chi connectivity index (χ4n) is 2.61. The molecule has 0 unspecified atom stereocenters. The van der Waals surface area contributed by atoms with Gasteiger partial charge in [0.2, 0.25) is 0 Å². The molecule has 0 aliphatic heterocycles. The molecule has 4 rings (SSSR count). The van der Waals surface area contributed by atoms with Crippen molar-refractivity contribution in [2.45, 2.75) is 6.54 Å². The van der Waals surface area contributed by atoms with E-state index in [1.807, 2.05) is 47.1 Å². The van der Waals surface area contributed by atoms with Crippen LogP contribution in [0.1, 0.15) is 15.9 Å². The molecular formula is C19H15N5O. The highest BCUT2D eigenvalue weighted by atomic mass is 16.1. The van der Waals surface area contributed by atoms with Gasteiger partial charge in [0, 0.05) is 11.8 Å². The fraction of sp³-hybridized carbons (Fsp3) is 0.0526. The van der Waals surface area contributed by atoms with Crippen molar-refractivity contribution >= 4 is 22.8 Å². The van der Waals surface area contributed by atoms with Gasteiger partial charge in [0.15, 0.2) is 0 Å². The van der Waals surface area contributed by atoms with Gasteiger partial charge in [-0.1, -0.05) is 41.6 Å². The van der Waals surface area contributed by atoms with Crippen molar-refractivity contribution in [1.29, 1.82) is 0 Å². The van der Waals surface area contributed by atoms with Crippen molar-refractivity contribution in [2.24, 2.45) is 0 Å². The molecule has 6 heteroatoms. The van der Waals surface area contributed by atoms with Crippen LogP contribution in [0.3, 0.4) is 0 Å². The largest absolute Gasteiger partial charge is 0.307 e. The van der Waals surface area contributed by atoms with Crippen LogP contribution in [-0.2, 0) is 6.54 Å². The standard InChI is InChI=1S/C19H15N5O/c25-19(21-18-8-4-5-11-20-18)15-9-10-17-16(12-15)22-23-24(17)13-14-6-2-1-3-7-14/h1-12H,13H2,(H,20,21,25). The number of amides is 1. The van der Waals surface area contributed by atoms with Crippen LogP contribution in [0, 0.1) is 0 Å². The molecule has 2 aromatic carbocycles. The number of fused-ring (bicyclic) bond motifs is 1. The van der Waals surface area contributed by atoms with Gasteiger partial charge in [-0.15, -0.1) is 5.10 Å². The van der Waals surface area contributed by atoms with Crippen LogP contribution < -0.4 is 5.32 Å². The van der Waals surface area contributed by atoms with Crippen molar-refractivity contribution in [2.75, 3.05) is 5.32 Å². The van der Waals surface area contributed by atoms with Crippen molar-refractivity contribution in [3.63, 3.8) is 0 Å². The lowest BCUT2D eigenvalue weighted by Crippen LogP contribution is -2.12. The van der Waals surface area contributed by atoms with E-state index in [1.165, 1.54) is 0 Å². The summed E-state index contributed by atoms with van der Waals surface area (Å²) in [5.41, 5.74) is 3.24. The van der Waals surface area contributed by atoms with Gasteiger partial charge < -0.3 is 5.32 Å². The number of pyridine rings is 1. The molecule has 0 radical (unpaired) electrons. The number of rotatable bonds is 4. The van der Waals surface area contributed by atoms with Gasteiger partial charge in [-0.2, -0.15) is 0 Å². The molecule has 0 saturated heterocycles. The number of hydrogen-bond donors (Lipinski definition) is 1. The number of nitrogens with zero attached hydrogens (tertiary/aromatic N) is 4. The van der Waals surface area contributed by atoms with Gasteiger partial charge in [0.25, 0.3) is 5.91 Å². The average molecular weight is 329 g/mol. The summed E-state index contributed by atoms with van der Waals surface area (Å²) in [7, 11) is 0. The Balaban J connectivity index is 1.58. The van der Waals surface area contributed by atoms with E-state index in [9.17, 15) is 4.79 Å². The molecule has 1 N–H and O–H groups in total. The van der Waals surface area contributed by atoms with E-state index in [0.717, 1.165) is 11.1 Å². The lowest BCUT2D eigenvalue weighted by molar-refractivity contribution is 0.102. The Kier molecular flexibility index (Phi) is 3.92. The van der Waals surface area contributed by atoms with E-state index in [0.29, 0.717) is 23.4 Å². The minimum atomic E-state index is -0.224. The lowest BCUT2D eigenvalue weighted by atomic mass is 10.1. The minimum Gasteiger partial charge on any atom is -0.307 e. The number of aromatic nitrogens is 4. The maximum atomic E-state index is 12.3. The Bertz CT molecular complexity index is 1010. The first-order valence-corrected chi connectivity index (χ1v) is 7.89. The van der Waals surface area contributed by atoms with E-state index < -0.39 is 0 Å². The smallest absolute Gasteiger partial charge is 0.256 e. The summed E-state index contributed by atoms with van der Waals surface area (Å²) in [5, 5.41) is 11.1. The van der Waals surface area contributed by atoms with E-state index in [4.69, 9.17) is 0 Å². The summed E-state index contributed by atoms with van der Waals surface area (Å²) in [5.74, 6) is 0.290. The molecule has 2 heterocycles. The average Bonchev–Trinajstić information content (AvgIpc) is 3.05. The number of nitrogens with one attached hydrogen (secondary N) is 1. The van der Waals surface area contributed by atoms with E-state index in [2.05, 4.69) is 20.6 Å². The van der Waals surface area contributed by atoms with Crippen LogP contribution in [0.2, 0.25) is 0 Å². The maximum Gasteiger partial charge on any atom is 0.256 e. The molecule has 0 bridgehead atoms. The number of benzene rings is 2. The molecule has 122 valence electrons. The lowest BCUT2D eigenvalue weighted by Gasteiger charge is -2.05. The Labute approximate surface area is 144 Å². The topological polar surface area (TPSA) is 72.7 Å². The summed E-state index contributed by atoms with van der Waals surface area (Å²) in [4.78, 5) is 16.4. The summed E-state index contributed by atoms with van der Waals surface area (Å²) >= 11 is 0. The van der Waals surface area contributed by atoms with Crippen LogP contribution in [-0.4, -0.2) is 25.9 Å². The molecule has 0 aliphatic carbocycles. The molecule has 4 aromatic rings. The summed E-state index contributed by atoms with van der Waals surface area (Å²) in [6, 6.07) is 20.8. The van der Waals surface area contributed by atoms with Crippen molar-refractivity contribution in [3.8, 4) is 0 Å². The fourth-order valence-corrected chi connectivity index (χ4v) is 2.61. The molecule has 0 spiro atoms. The van der Waals surface area contributed by atoms with Crippen LogP contribution in [0.15, 0.2) is 72.9 Å². The van der Waals surface area contributed by atoms with Gasteiger partial charge in [-0.25, -0.2) is 9.67 Å². The van der Waals surface area contributed by atoms with E-state index in [-0.39, 0.29) is 5.91 Å². The number of anilines is 1. The zero-order chi connectivity index (χ0) is 17.1. The van der Waals surface area contributed by atoms with E-state index in [1.54, 1.807) is 30.5 Å². The molecule has 2 aromatic heterocycles. The zero-order valence-electron chi connectivity index (χ0n) is 13.3. The van der Waals surface area contributed by atoms with Crippen LogP contribution >= 0.6 is 0 Å². The summed E-state index contributed by atoms with van der Waals surface area (Å²) in [6.07, 6.45) is 1.63. The molecule has 25 heavy (non-hydrogen) atoms. The normalized spacial score (nSPS) is 10.7. The van der Waals surface area contributed by atoms with Gasteiger partial charge in [-0.3, -0.25) is 4.79 Å².